The molecule has 0 aromatic carbocycles. The summed E-state index contributed by atoms with van der Waals surface area (Å²) in [6.45, 7) is 0.952. The Hall–Kier alpha value is -1.91. The number of nitriles is 1. The molecule has 0 aliphatic carbocycles. The van der Waals surface area contributed by atoms with Gasteiger partial charge < -0.3 is 14.7 Å². The molecule has 1 saturated heterocycles. The lowest BCUT2D eigenvalue weighted by atomic mass is 10.2. The molecule has 0 bridgehead atoms. The Morgan fingerprint density at radius 3 is 2.83 bits per heavy atom. The van der Waals surface area contributed by atoms with Crippen molar-refractivity contribution in [1.82, 2.24) is 4.90 Å². The minimum absolute atomic E-state index is 0.128. The van der Waals surface area contributed by atoms with Crippen LogP contribution in [-0.2, 0) is 4.74 Å². The Morgan fingerprint density at radius 2 is 2.22 bits per heavy atom. The maximum absolute atomic E-state index is 12.1. The van der Waals surface area contributed by atoms with Crippen LogP contribution >= 0.6 is 11.3 Å². The van der Waals surface area contributed by atoms with Gasteiger partial charge in [-0.25, -0.2) is 4.79 Å². The van der Waals surface area contributed by atoms with Gasteiger partial charge in [0, 0.05) is 6.54 Å². The van der Waals surface area contributed by atoms with Gasteiger partial charge in [0.2, 0.25) is 0 Å². The number of carboxylic acid groups (broad SMARTS) is 1. The molecule has 0 spiro atoms. The monoisotopic (exact) mass is 266 g/mol. The molecule has 1 amide bonds. The van der Waals surface area contributed by atoms with Crippen molar-refractivity contribution in [2.75, 3.05) is 19.7 Å². The average Bonchev–Trinajstić information content (AvgIpc) is 2.87. The van der Waals surface area contributed by atoms with Crippen molar-refractivity contribution in [3.63, 3.8) is 0 Å². The van der Waals surface area contributed by atoms with Gasteiger partial charge in [-0.2, -0.15) is 5.26 Å². The zero-order valence-electron chi connectivity index (χ0n) is 9.33. The lowest BCUT2D eigenvalue weighted by Gasteiger charge is -2.29. The fourth-order valence-corrected chi connectivity index (χ4v) is 2.45. The SMILES string of the molecule is N#CC1CN(C(=O)c2ccc(C(=O)O)s2)CCO1. The molecule has 0 radical (unpaired) electrons. The zero-order valence-corrected chi connectivity index (χ0v) is 10.1. The minimum atomic E-state index is -1.05. The molecule has 1 aliphatic heterocycles. The number of hydrogen-bond donors (Lipinski definition) is 1. The predicted molar refractivity (Wildman–Crippen MR) is 62.5 cm³/mol. The maximum atomic E-state index is 12.1. The van der Waals surface area contributed by atoms with Gasteiger partial charge in [-0.05, 0) is 12.1 Å². The average molecular weight is 266 g/mol. The quantitative estimate of drug-likeness (QED) is 0.855. The lowest BCUT2D eigenvalue weighted by molar-refractivity contribution is 0.00369. The number of morpholine rings is 1. The topological polar surface area (TPSA) is 90.6 Å². The summed E-state index contributed by atoms with van der Waals surface area (Å²) < 4.78 is 5.14. The highest BCUT2D eigenvalue weighted by atomic mass is 32.1. The Labute approximate surface area is 107 Å². The van der Waals surface area contributed by atoms with Crippen LogP contribution in [0.15, 0.2) is 12.1 Å². The molecule has 7 heteroatoms. The summed E-state index contributed by atoms with van der Waals surface area (Å²) in [7, 11) is 0. The molecule has 1 aromatic rings. The Morgan fingerprint density at radius 1 is 1.50 bits per heavy atom. The molecule has 18 heavy (non-hydrogen) atoms. The van der Waals surface area contributed by atoms with Crippen LogP contribution in [0.5, 0.6) is 0 Å². The van der Waals surface area contributed by atoms with Gasteiger partial charge in [-0.3, -0.25) is 4.79 Å². The van der Waals surface area contributed by atoms with Crippen molar-refractivity contribution < 1.29 is 19.4 Å². The van der Waals surface area contributed by atoms with Crippen LogP contribution in [0.25, 0.3) is 0 Å². The fraction of sp³-hybridized carbons (Fsp3) is 0.364. The number of ether oxygens (including phenoxy) is 1. The predicted octanol–water partition coefficient (Wildman–Crippen LogP) is 0.811. The molecule has 1 unspecified atom stereocenters. The summed E-state index contributed by atoms with van der Waals surface area (Å²) in [5.41, 5.74) is 0. The van der Waals surface area contributed by atoms with E-state index in [-0.39, 0.29) is 17.3 Å². The van der Waals surface area contributed by atoms with Gasteiger partial charge in [0.05, 0.1) is 24.1 Å². The first kappa shape index (κ1) is 12.5. The van der Waals surface area contributed by atoms with E-state index in [0.29, 0.717) is 18.0 Å². The van der Waals surface area contributed by atoms with E-state index < -0.39 is 12.1 Å². The Bertz CT molecular complexity index is 519. The number of aromatic carboxylic acids is 1. The van der Waals surface area contributed by atoms with Crippen LogP contribution in [0.3, 0.4) is 0 Å². The fourth-order valence-electron chi connectivity index (χ4n) is 1.64. The van der Waals surface area contributed by atoms with Crippen molar-refractivity contribution in [1.29, 1.82) is 5.26 Å². The summed E-state index contributed by atoms with van der Waals surface area (Å²) in [5, 5.41) is 17.5. The molecule has 2 heterocycles. The molecule has 2 rings (SSSR count). The standard InChI is InChI=1S/C11H10N2O4S/c12-5-7-6-13(3-4-17-7)10(14)8-1-2-9(18-8)11(15)16/h1-2,7H,3-4,6H2,(H,15,16). The number of amides is 1. The minimum Gasteiger partial charge on any atom is -0.477 e. The third-order valence-corrected chi connectivity index (χ3v) is 3.59. The van der Waals surface area contributed by atoms with Crippen molar-refractivity contribution in [2.45, 2.75) is 6.10 Å². The lowest BCUT2D eigenvalue weighted by Crippen LogP contribution is -2.44. The highest BCUT2D eigenvalue weighted by molar-refractivity contribution is 7.15. The number of carbonyl (C=O) groups is 2. The van der Waals surface area contributed by atoms with Crippen LogP contribution in [0, 0.1) is 11.3 Å². The van der Waals surface area contributed by atoms with E-state index in [4.69, 9.17) is 15.1 Å². The molecule has 0 saturated carbocycles. The molecular formula is C11H10N2O4S. The van der Waals surface area contributed by atoms with Crippen LogP contribution in [-0.4, -0.2) is 47.7 Å². The first-order valence-electron chi connectivity index (χ1n) is 5.25. The summed E-state index contributed by atoms with van der Waals surface area (Å²) in [6.07, 6.45) is -0.610. The van der Waals surface area contributed by atoms with E-state index in [1.807, 2.05) is 6.07 Å². The first-order chi connectivity index (χ1) is 8.61. The first-order valence-corrected chi connectivity index (χ1v) is 6.07. The third kappa shape index (κ3) is 2.50. The van der Waals surface area contributed by atoms with Crippen LogP contribution < -0.4 is 0 Å². The van der Waals surface area contributed by atoms with Gasteiger partial charge in [0.15, 0.2) is 6.10 Å². The van der Waals surface area contributed by atoms with Gasteiger partial charge >= 0.3 is 5.97 Å². The van der Waals surface area contributed by atoms with Crippen LogP contribution in [0.1, 0.15) is 19.3 Å². The molecular weight excluding hydrogens is 256 g/mol. The van der Waals surface area contributed by atoms with Gasteiger partial charge in [0.25, 0.3) is 5.91 Å². The van der Waals surface area contributed by atoms with Crippen LogP contribution in [0.4, 0.5) is 0 Å². The van der Waals surface area contributed by atoms with E-state index in [2.05, 4.69) is 0 Å². The van der Waals surface area contributed by atoms with Crippen molar-refractivity contribution in [3.8, 4) is 6.07 Å². The van der Waals surface area contributed by atoms with Gasteiger partial charge in [0.1, 0.15) is 4.88 Å². The largest absolute Gasteiger partial charge is 0.477 e. The molecule has 1 atom stereocenters. The number of thiophene rings is 1. The second kappa shape index (κ2) is 5.16. The zero-order chi connectivity index (χ0) is 13.1. The Kier molecular flexibility index (Phi) is 3.60. The van der Waals surface area contributed by atoms with E-state index in [0.717, 1.165) is 11.3 Å². The number of carbonyl (C=O) groups excluding carboxylic acids is 1. The number of rotatable bonds is 2. The van der Waals surface area contributed by atoms with Gasteiger partial charge in [-0.15, -0.1) is 11.3 Å². The molecule has 6 nitrogen and oxygen atoms in total. The number of nitrogens with zero attached hydrogens (tertiary/aromatic N) is 2. The number of hydrogen-bond acceptors (Lipinski definition) is 5. The smallest absolute Gasteiger partial charge is 0.345 e. The van der Waals surface area contributed by atoms with Crippen LogP contribution in [0.2, 0.25) is 0 Å². The van der Waals surface area contributed by atoms with Gasteiger partial charge in [-0.1, -0.05) is 0 Å². The molecule has 1 N–H and O–H groups in total. The molecule has 94 valence electrons. The second-order valence-electron chi connectivity index (χ2n) is 3.71. The normalized spacial score (nSPS) is 19.3. The Balaban J connectivity index is 2.10. The number of carboxylic acids is 1. The third-order valence-electron chi connectivity index (χ3n) is 2.53. The van der Waals surface area contributed by atoms with E-state index >= 15 is 0 Å². The highest BCUT2D eigenvalue weighted by Gasteiger charge is 2.26. The maximum Gasteiger partial charge on any atom is 0.345 e. The molecule has 1 fully saturated rings. The molecule has 1 aliphatic rings. The second-order valence-corrected chi connectivity index (χ2v) is 4.79. The summed E-state index contributed by atoms with van der Waals surface area (Å²) in [5.74, 6) is -1.30. The van der Waals surface area contributed by atoms with Crippen molar-refractivity contribution in [2.24, 2.45) is 0 Å². The van der Waals surface area contributed by atoms with E-state index in [1.54, 1.807) is 0 Å². The summed E-state index contributed by atoms with van der Waals surface area (Å²) in [6, 6.07) is 4.86. The van der Waals surface area contributed by atoms with E-state index in [9.17, 15) is 9.59 Å². The summed E-state index contributed by atoms with van der Waals surface area (Å²) >= 11 is 0.937. The van der Waals surface area contributed by atoms with Crippen molar-refractivity contribution >= 4 is 23.2 Å². The molecule has 1 aromatic heterocycles. The van der Waals surface area contributed by atoms with E-state index in [1.165, 1.54) is 17.0 Å². The van der Waals surface area contributed by atoms with Crippen molar-refractivity contribution in [3.05, 3.63) is 21.9 Å². The summed E-state index contributed by atoms with van der Waals surface area (Å²) in [4.78, 5) is 24.8. The highest BCUT2D eigenvalue weighted by Crippen LogP contribution is 2.19.